The molecule has 1 saturated heterocycles. The molecular formula is C19H24O5S. The quantitative estimate of drug-likeness (QED) is 0.464. The lowest BCUT2D eigenvalue weighted by Gasteiger charge is -2.42. The zero-order valence-corrected chi connectivity index (χ0v) is 15.5. The Kier molecular flexibility index (Phi) is 4.77. The Hall–Kier alpha value is -1.66. The van der Waals surface area contributed by atoms with E-state index in [4.69, 9.17) is 8.92 Å². The number of ether oxygens (including phenoxy) is 1. The Morgan fingerprint density at radius 3 is 2.52 bits per heavy atom. The van der Waals surface area contributed by atoms with E-state index in [2.05, 4.69) is 6.58 Å². The van der Waals surface area contributed by atoms with Crippen LogP contribution in [-0.2, 0) is 23.8 Å². The summed E-state index contributed by atoms with van der Waals surface area (Å²) in [6.45, 7) is 7.83. The van der Waals surface area contributed by atoms with Gasteiger partial charge in [-0.3, -0.25) is 8.98 Å². The number of carbonyl (C=O) groups excluding carboxylic acids is 1. The predicted octanol–water partition coefficient (Wildman–Crippen LogP) is 3.52. The molecule has 0 aromatic heterocycles. The van der Waals surface area contributed by atoms with E-state index in [9.17, 15) is 13.2 Å². The summed E-state index contributed by atoms with van der Waals surface area (Å²) in [6, 6.07) is 6.55. The van der Waals surface area contributed by atoms with Crippen molar-refractivity contribution < 1.29 is 22.1 Å². The number of hydrogen-bond donors (Lipinski definition) is 0. The predicted molar refractivity (Wildman–Crippen MR) is 93.4 cm³/mol. The van der Waals surface area contributed by atoms with Gasteiger partial charge in [0.1, 0.15) is 11.7 Å². The molecule has 1 saturated carbocycles. The summed E-state index contributed by atoms with van der Waals surface area (Å²) in [5.41, 5.74) is 1.14. The highest BCUT2D eigenvalue weighted by Crippen LogP contribution is 2.46. The fraction of sp³-hybridized carbons (Fsp3) is 0.526. The Labute approximate surface area is 149 Å². The Balaban J connectivity index is 1.88. The van der Waals surface area contributed by atoms with Crippen molar-refractivity contribution >= 4 is 16.1 Å². The van der Waals surface area contributed by atoms with Gasteiger partial charge in [-0.1, -0.05) is 29.8 Å². The van der Waals surface area contributed by atoms with Crippen LogP contribution in [0.5, 0.6) is 0 Å². The highest BCUT2D eigenvalue weighted by molar-refractivity contribution is 7.86. The van der Waals surface area contributed by atoms with E-state index >= 15 is 0 Å². The van der Waals surface area contributed by atoms with E-state index in [1.807, 2.05) is 13.8 Å². The molecular weight excluding hydrogens is 340 g/mol. The SMILES string of the molecule is C=C(C)[C@@H]1CC[C@]2(CCC(=O)O2)[C@H](OS(=O)(=O)c2ccc(C)cc2)C1. The first-order chi connectivity index (χ1) is 11.7. The maximum atomic E-state index is 12.7. The lowest BCUT2D eigenvalue weighted by molar-refractivity contribution is -0.162. The molecule has 1 spiro atoms. The van der Waals surface area contributed by atoms with Crippen LogP contribution in [0.2, 0.25) is 0 Å². The zero-order chi connectivity index (χ0) is 18.2. The smallest absolute Gasteiger partial charge is 0.306 e. The van der Waals surface area contributed by atoms with E-state index in [0.717, 1.165) is 17.6 Å². The van der Waals surface area contributed by atoms with Crippen LogP contribution in [0.15, 0.2) is 41.3 Å². The van der Waals surface area contributed by atoms with Gasteiger partial charge in [0.15, 0.2) is 0 Å². The summed E-state index contributed by atoms with van der Waals surface area (Å²) in [6.07, 6.45) is 2.05. The van der Waals surface area contributed by atoms with Crippen molar-refractivity contribution in [2.75, 3.05) is 0 Å². The second-order valence-corrected chi connectivity index (χ2v) is 8.78. The van der Waals surface area contributed by atoms with Crippen LogP contribution in [0.25, 0.3) is 0 Å². The second-order valence-electron chi connectivity index (χ2n) is 7.21. The fourth-order valence-electron chi connectivity index (χ4n) is 3.70. The first-order valence-corrected chi connectivity index (χ1v) is 10.00. The third-order valence-electron chi connectivity index (χ3n) is 5.32. The molecule has 0 radical (unpaired) electrons. The maximum absolute atomic E-state index is 12.7. The standard InChI is InChI=1S/C19H24O5S/c1-13(2)15-8-10-19(11-9-18(20)23-19)17(12-15)24-25(21,22)16-6-4-14(3)5-7-16/h4-7,15,17H,1,8-12H2,2-3H3/t15-,17-,19+/m1/s1. The topological polar surface area (TPSA) is 69.7 Å². The molecule has 6 heteroatoms. The van der Waals surface area contributed by atoms with Crippen LogP contribution in [0, 0.1) is 12.8 Å². The minimum absolute atomic E-state index is 0.120. The number of rotatable bonds is 4. The fourth-order valence-corrected chi connectivity index (χ4v) is 4.84. The van der Waals surface area contributed by atoms with Gasteiger partial charge in [0, 0.05) is 12.8 Å². The van der Waals surface area contributed by atoms with Gasteiger partial charge < -0.3 is 4.74 Å². The summed E-state index contributed by atoms with van der Waals surface area (Å²) in [5.74, 6) is -0.113. The van der Waals surface area contributed by atoms with Gasteiger partial charge in [0.2, 0.25) is 0 Å². The Morgan fingerprint density at radius 1 is 1.28 bits per heavy atom. The van der Waals surface area contributed by atoms with Crippen LogP contribution in [-0.4, -0.2) is 26.1 Å². The van der Waals surface area contributed by atoms with Crippen LogP contribution < -0.4 is 0 Å². The number of hydrogen-bond acceptors (Lipinski definition) is 5. The molecule has 1 heterocycles. The van der Waals surface area contributed by atoms with Crippen molar-refractivity contribution in [2.24, 2.45) is 5.92 Å². The molecule has 2 fully saturated rings. The number of carbonyl (C=O) groups is 1. The van der Waals surface area contributed by atoms with E-state index in [0.29, 0.717) is 25.7 Å². The lowest BCUT2D eigenvalue weighted by Crippen LogP contribution is -2.49. The first kappa shape index (κ1) is 18.1. The highest BCUT2D eigenvalue weighted by Gasteiger charge is 2.52. The van der Waals surface area contributed by atoms with Gasteiger partial charge in [0.25, 0.3) is 10.1 Å². The second kappa shape index (κ2) is 6.57. The molecule has 2 aliphatic rings. The lowest BCUT2D eigenvalue weighted by atomic mass is 9.73. The van der Waals surface area contributed by atoms with Gasteiger partial charge in [-0.05, 0) is 51.2 Å². The summed E-state index contributed by atoms with van der Waals surface area (Å²) in [5, 5.41) is 0. The molecule has 5 nitrogen and oxygen atoms in total. The largest absolute Gasteiger partial charge is 0.456 e. The molecule has 0 bridgehead atoms. The van der Waals surface area contributed by atoms with Crippen molar-refractivity contribution in [3.63, 3.8) is 0 Å². The van der Waals surface area contributed by atoms with Gasteiger partial charge in [0.05, 0.1) is 4.90 Å². The molecule has 0 N–H and O–H groups in total. The molecule has 1 aromatic carbocycles. The van der Waals surface area contributed by atoms with E-state index in [1.54, 1.807) is 12.1 Å². The molecule has 1 aliphatic carbocycles. The highest BCUT2D eigenvalue weighted by atomic mass is 32.2. The molecule has 1 aliphatic heterocycles. The molecule has 0 amide bonds. The first-order valence-electron chi connectivity index (χ1n) is 8.59. The van der Waals surface area contributed by atoms with Gasteiger partial charge in [-0.25, -0.2) is 0 Å². The van der Waals surface area contributed by atoms with Crippen LogP contribution in [0.3, 0.4) is 0 Å². The molecule has 0 unspecified atom stereocenters. The zero-order valence-electron chi connectivity index (χ0n) is 14.7. The van der Waals surface area contributed by atoms with Crippen molar-refractivity contribution in [1.29, 1.82) is 0 Å². The number of allylic oxidation sites excluding steroid dienone is 1. The summed E-state index contributed by atoms with van der Waals surface area (Å²) in [7, 11) is -3.93. The van der Waals surface area contributed by atoms with Gasteiger partial charge in [-0.15, -0.1) is 0 Å². The summed E-state index contributed by atoms with van der Waals surface area (Å²) >= 11 is 0. The normalized spacial score (nSPS) is 29.6. The molecule has 3 rings (SSSR count). The summed E-state index contributed by atoms with van der Waals surface area (Å²) in [4.78, 5) is 11.8. The van der Waals surface area contributed by atoms with Crippen molar-refractivity contribution in [2.45, 2.75) is 62.6 Å². The maximum Gasteiger partial charge on any atom is 0.306 e. The Bertz CT molecular complexity index is 781. The van der Waals surface area contributed by atoms with Crippen LogP contribution in [0.1, 0.15) is 44.6 Å². The minimum atomic E-state index is -3.93. The van der Waals surface area contributed by atoms with Crippen LogP contribution >= 0.6 is 0 Å². The van der Waals surface area contributed by atoms with E-state index < -0.39 is 21.8 Å². The van der Waals surface area contributed by atoms with E-state index in [1.165, 1.54) is 12.1 Å². The third-order valence-corrected chi connectivity index (χ3v) is 6.66. The number of benzene rings is 1. The number of esters is 1. The van der Waals surface area contributed by atoms with Crippen LogP contribution in [0.4, 0.5) is 0 Å². The molecule has 3 atom stereocenters. The number of aryl methyl sites for hydroxylation is 1. The van der Waals surface area contributed by atoms with Gasteiger partial charge in [-0.2, -0.15) is 8.42 Å². The third kappa shape index (κ3) is 3.65. The average Bonchev–Trinajstić information content (AvgIpc) is 2.91. The molecule has 1 aromatic rings. The Morgan fingerprint density at radius 2 is 1.96 bits per heavy atom. The summed E-state index contributed by atoms with van der Waals surface area (Å²) < 4.78 is 36.6. The van der Waals surface area contributed by atoms with Crippen molar-refractivity contribution in [3.8, 4) is 0 Å². The average molecular weight is 364 g/mol. The minimum Gasteiger partial charge on any atom is -0.456 e. The molecule has 25 heavy (non-hydrogen) atoms. The van der Waals surface area contributed by atoms with Crippen molar-refractivity contribution in [3.05, 3.63) is 42.0 Å². The van der Waals surface area contributed by atoms with E-state index in [-0.39, 0.29) is 16.8 Å². The van der Waals surface area contributed by atoms with Crippen molar-refractivity contribution in [1.82, 2.24) is 0 Å². The molecule has 136 valence electrons. The van der Waals surface area contributed by atoms with Gasteiger partial charge >= 0.3 is 5.97 Å². The monoisotopic (exact) mass is 364 g/mol.